The Morgan fingerprint density at radius 1 is 1.33 bits per heavy atom. The summed E-state index contributed by atoms with van der Waals surface area (Å²) in [4.78, 5) is 11.9. The second-order valence-electron chi connectivity index (χ2n) is 4.04. The van der Waals surface area contributed by atoms with Crippen molar-refractivity contribution in [3.63, 3.8) is 0 Å². The largest absolute Gasteiger partial charge is 0.493 e. The fraction of sp³-hybridized carbons (Fsp3) is 0.462. The van der Waals surface area contributed by atoms with E-state index in [0.29, 0.717) is 29.5 Å². The predicted molar refractivity (Wildman–Crippen MR) is 74.8 cm³/mol. The van der Waals surface area contributed by atoms with E-state index in [0.717, 1.165) is 5.33 Å². The Labute approximate surface area is 116 Å². The molecule has 4 nitrogen and oxygen atoms in total. The molecule has 1 rings (SSSR count). The van der Waals surface area contributed by atoms with Crippen LogP contribution < -0.4 is 14.8 Å². The van der Waals surface area contributed by atoms with Crippen LogP contribution in [0.4, 0.5) is 0 Å². The Kier molecular flexibility index (Phi) is 5.98. The van der Waals surface area contributed by atoms with E-state index in [1.54, 1.807) is 32.4 Å². The first-order chi connectivity index (χ1) is 8.62. The zero-order valence-corrected chi connectivity index (χ0v) is 12.4. The molecule has 0 saturated heterocycles. The maximum Gasteiger partial charge on any atom is 0.251 e. The molecule has 0 aliphatic heterocycles. The number of benzene rings is 1. The highest BCUT2D eigenvalue weighted by atomic mass is 79.9. The lowest BCUT2D eigenvalue weighted by molar-refractivity contribution is 0.0949. The minimum absolute atomic E-state index is 0.108. The molecule has 1 unspecified atom stereocenters. The fourth-order valence-corrected chi connectivity index (χ4v) is 1.63. The van der Waals surface area contributed by atoms with Gasteiger partial charge in [0, 0.05) is 17.4 Å². The highest BCUT2D eigenvalue weighted by molar-refractivity contribution is 9.09. The summed E-state index contributed by atoms with van der Waals surface area (Å²) < 4.78 is 10.3. The van der Waals surface area contributed by atoms with Crippen molar-refractivity contribution >= 4 is 21.8 Å². The van der Waals surface area contributed by atoms with E-state index in [2.05, 4.69) is 28.2 Å². The molecule has 0 radical (unpaired) electrons. The lowest BCUT2D eigenvalue weighted by Gasteiger charge is -2.11. The van der Waals surface area contributed by atoms with Crippen molar-refractivity contribution in [1.82, 2.24) is 5.32 Å². The molecule has 1 N–H and O–H groups in total. The lowest BCUT2D eigenvalue weighted by Crippen LogP contribution is -2.28. The molecule has 0 aliphatic carbocycles. The summed E-state index contributed by atoms with van der Waals surface area (Å²) in [6.07, 6.45) is 0. The number of hydrogen-bond donors (Lipinski definition) is 1. The third-order valence-electron chi connectivity index (χ3n) is 2.52. The number of amides is 1. The minimum Gasteiger partial charge on any atom is -0.493 e. The van der Waals surface area contributed by atoms with Gasteiger partial charge in [-0.15, -0.1) is 0 Å². The van der Waals surface area contributed by atoms with Crippen molar-refractivity contribution in [2.75, 3.05) is 26.1 Å². The minimum atomic E-state index is -0.108. The lowest BCUT2D eigenvalue weighted by atomic mass is 10.1. The van der Waals surface area contributed by atoms with Gasteiger partial charge >= 0.3 is 0 Å². The molecule has 0 saturated carbocycles. The summed E-state index contributed by atoms with van der Waals surface area (Å²) in [5.41, 5.74) is 0.564. The van der Waals surface area contributed by atoms with Gasteiger partial charge < -0.3 is 14.8 Å². The van der Waals surface area contributed by atoms with Gasteiger partial charge in [0.1, 0.15) is 0 Å². The first-order valence-corrected chi connectivity index (χ1v) is 6.80. The Morgan fingerprint density at radius 2 is 2.00 bits per heavy atom. The van der Waals surface area contributed by atoms with Crippen molar-refractivity contribution in [3.8, 4) is 11.5 Å². The molecule has 0 spiro atoms. The highest BCUT2D eigenvalue weighted by Crippen LogP contribution is 2.27. The smallest absolute Gasteiger partial charge is 0.251 e. The normalized spacial score (nSPS) is 11.8. The van der Waals surface area contributed by atoms with Crippen LogP contribution in [0.5, 0.6) is 11.5 Å². The van der Waals surface area contributed by atoms with Gasteiger partial charge in [-0.1, -0.05) is 22.9 Å². The molecular weight excluding hydrogens is 298 g/mol. The number of hydrogen-bond acceptors (Lipinski definition) is 3. The number of nitrogens with one attached hydrogen (secondary N) is 1. The summed E-state index contributed by atoms with van der Waals surface area (Å²) in [6, 6.07) is 5.12. The summed E-state index contributed by atoms with van der Waals surface area (Å²) in [6.45, 7) is 2.70. The maximum atomic E-state index is 11.9. The molecule has 1 aromatic rings. The first-order valence-electron chi connectivity index (χ1n) is 5.68. The third-order valence-corrected chi connectivity index (χ3v) is 3.63. The number of rotatable bonds is 6. The number of alkyl halides is 1. The quantitative estimate of drug-likeness (QED) is 0.820. The van der Waals surface area contributed by atoms with Crippen LogP contribution in [0.15, 0.2) is 18.2 Å². The van der Waals surface area contributed by atoms with Crippen LogP contribution in [0.3, 0.4) is 0 Å². The summed E-state index contributed by atoms with van der Waals surface area (Å²) in [5.74, 6) is 1.46. The van der Waals surface area contributed by atoms with E-state index in [9.17, 15) is 4.79 Å². The number of methoxy groups -OCH3 is 2. The Hall–Kier alpha value is -1.23. The second-order valence-corrected chi connectivity index (χ2v) is 4.69. The van der Waals surface area contributed by atoms with Gasteiger partial charge in [-0.3, -0.25) is 4.79 Å². The second kappa shape index (κ2) is 7.26. The SMILES string of the molecule is COc1ccc(C(=O)NCC(C)CBr)cc1OC. The van der Waals surface area contributed by atoms with E-state index in [1.165, 1.54) is 0 Å². The molecule has 0 aromatic heterocycles. The van der Waals surface area contributed by atoms with E-state index >= 15 is 0 Å². The van der Waals surface area contributed by atoms with Gasteiger partial charge in [-0.05, 0) is 24.1 Å². The molecule has 0 heterocycles. The molecule has 0 aliphatic rings. The van der Waals surface area contributed by atoms with Crippen molar-refractivity contribution in [1.29, 1.82) is 0 Å². The molecule has 18 heavy (non-hydrogen) atoms. The zero-order valence-electron chi connectivity index (χ0n) is 10.8. The van der Waals surface area contributed by atoms with Crippen molar-refractivity contribution < 1.29 is 14.3 Å². The van der Waals surface area contributed by atoms with Crippen LogP contribution in [-0.4, -0.2) is 32.0 Å². The van der Waals surface area contributed by atoms with Gasteiger partial charge in [0.25, 0.3) is 5.91 Å². The number of ether oxygens (including phenoxy) is 2. The average molecular weight is 316 g/mol. The number of carbonyl (C=O) groups excluding carboxylic acids is 1. The topological polar surface area (TPSA) is 47.6 Å². The number of carbonyl (C=O) groups is 1. The molecule has 1 atom stereocenters. The Bertz CT molecular complexity index is 409. The van der Waals surface area contributed by atoms with Crippen molar-refractivity contribution in [2.24, 2.45) is 5.92 Å². The third kappa shape index (κ3) is 3.91. The Morgan fingerprint density at radius 3 is 2.56 bits per heavy atom. The van der Waals surface area contributed by atoms with E-state index in [1.807, 2.05) is 0 Å². The van der Waals surface area contributed by atoms with Crippen LogP contribution >= 0.6 is 15.9 Å². The Balaban J connectivity index is 2.74. The number of halogens is 1. The maximum absolute atomic E-state index is 11.9. The van der Waals surface area contributed by atoms with Crippen LogP contribution in [0.25, 0.3) is 0 Å². The van der Waals surface area contributed by atoms with Gasteiger partial charge in [0.2, 0.25) is 0 Å². The van der Waals surface area contributed by atoms with E-state index < -0.39 is 0 Å². The summed E-state index contributed by atoms with van der Waals surface area (Å²) in [5, 5.41) is 3.73. The van der Waals surface area contributed by atoms with E-state index in [-0.39, 0.29) is 5.91 Å². The van der Waals surface area contributed by atoms with Crippen LogP contribution in [-0.2, 0) is 0 Å². The average Bonchev–Trinajstić information content (AvgIpc) is 2.43. The molecular formula is C13H18BrNO3. The standard InChI is InChI=1S/C13H18BrNO3/c1-9(7-14)8-15-13(16)10-4-5-11(17-2)12(6-10)18-3/h4-6,9H,7-8H2,1-3H3,(H,15,16). The molecule has 0 fully saturated rings. The molecule has 1 aromatic carbocycles. The monoisotopic (exact) mass is 315 g/mol. The van der Waals surface area contributed by atoms with Gasteiger partial charge in [-0.2, -0.15) is 0 Å². The van der Waals surface area contributed by atoms with Gasteiger partial charge in [0.15, 0.2) is 11.5 Å². The van der Waals surface area contributed by atoms with Crippen LogP contribution in [0.2, 0.25) is 0 Å². The van der Waals surface area contributed by atoms with Crippen LogP contribution in [0, 0.1) is 5.92 Å². The first kappa shape index (κ1) is 14.8. The molecule has 5 heteroatoms. The van der Waals surface area contributed by atoms with Gasteiger partial charge in [0.05, 0.1) is 14.2 Å². The summed E-state index contributed by atoms with van der Waals surface area (Å²) >= 11 is 3.37. The van der Waals surface area contributed by atoms with E-state index in [4.69, 9.17) is 9.47 Å². The van der Waals surface area contributed by atoms with Crippen molar-refractivity contribution in [3.05, 3.63) is 23.8 Å². The van der Waals surface area contributed by atoms with Crippen LogP contribution in [0.1, 0.15) is 17.3 Å². The van der Waals surface area contributed by atoms with Crippen molar-refractivity contribution in [2.45, 2.75) is 6.92 Å². The highest BCUT2D eigenvalue weighted by Gasteiger charge is 2.11. The zero-order chi connectivity index (χ0) is 13.5. The molecule has 1 amide bonds. The molecule has 0 bridgehead atoms. The fourth-order valence-electron chi connectivity index (χ4n) is 1.40. The summed E-state index contributed by atoms with van der Waals surface area (Å²) in [7, 11) is 3.11. The van der Waals surface area contributed by atoms with Gasteiger partial charge in [-0.25, -0.2) is 0 Å². The molecule has 100 valence electrons. The predicted octanol–water partition coefficient (Wildman–Crippen LogP) is 2.46.